The van der Waals surface area contributed by atoms with Crippen LogP contribution in [0.4, 0.5) is 5.82 Å². The summed E-state index contributed by atoms with van der Waals surface area (Å²) >= 11 is 0. The zero-order chi connectivity index (χ0) is 15.8. The molecule has 1 aliphatic heterocycles. The minimum Gasteiger partial charge on any atom is -0.391 e. The number of hydrogen-bond acceptors (Lipinski definition) is 6. The van der Waals surface area contributed by atoms with E-state index in [1.54, 1.807) is 4.52 Å². The molecule has 23 heavy (non-hydrogen) atoms. The van der Waals surface area contributed by atoms with Gasteiger partial charge in [0.15, 0.2) is 11.5 Å². The van der Waals surface area contributed by atoms with Gasteiger partial charge >= 0.3 is 0 Å². The molecule has 4 rings (SSSR count). The summed E-state index contributed by atoms with van der Waals surface area (Å²) in [5.74, 6) is 1.79. The average molecular weight is 316 g/mol. The molecule has 0 amide bonds. The highest BCUT2D eigenvalue weighted by molar-refractivity contribution is 5.46. The van der Waals surface area contributed by atoms with Crippen LogP contribution in [0.15, 0.2) is 12.1 Å². The summed E-state index contributed by atoms with van der Waals surface area (Å²) < 4.78 is 1.80. The van der Waals surface area contributed by atoms with E-state index in [2.05, 4.69) is 25.1 Å². The standard InChI is InChI=1S/C16H24N6O/c1-12-17-18-15-6-7-16(19-22(12)15)21-10-8-20(9-11-21)13-4-2-3-5-14(13)23/h6-7,13-14,23H,2-5,8-11H2,1H3. The van der Waals surface area contributed by atoms with Crippen LogP contribution < -0.4 is 4.90 Å². The third kappa shape index (κ3) is 2.79. The number of aryl methyl sites for hydroxylation is 1. The molecule has 1 saturated carbocycles. The van der Waals surface area contributed by atoms with Crippen LogP contribution in [-0.4, -0.2) is 68.1 Å². The number of aliphatic hydroxyl groups excluding tert-OH is 1. The molecule has 1 saturated heterocycles. The molecule has 2 aliphatic rings. The molecule has 1 aliphatic carbocycles. The lowest BCUT2D eigenvalue weighted by atomic mass is 9.91. The van der Waals surface area contributed by atoms with Gasteiger partial charge in [-0.3, -0.25) is 4.90 Å². The van der Waals surface area contributed by atoms with Crippen LogP contribution in [0, 0.1) is 6.92 Å². The molecule has 0 bridgehead atoms. The minimum atomic E-state index is -0.149. The maximum atomic E-state index is 10.2. The molecule has 124 valence electrons. The van der Waals surface area contributed by atoms with Crippen molar-refractivity contribution in [3.05, 3.63) is 18.0 Å². The molecule has 2 aromatic rings. The molecule has 7 heteroatoms. The predicted molar refractivity (Wildman–Crippen MR) is 87.6 cm³/mol. The first-order valence-electron chi connectivity index (χ1n) is 8.58. The van der Waals surface area contributed by atoms with Crippen molar-refractivity contribution in [2.75, 3.05) is 31.1 Å². The Bertz CT molecular complexity index is 678. The Morgan fingerprint density at radius 2 is 1.83 bits per heavy atom. The summed E-state index contributed by atoms with van der Waals surface area (Å²) in [5, 5.41) is 23.0. The Morgan fingerprint density at radius 1 is 1.04 bits per heavy atom. The van der Waals surface area contributed by atoms with Crippen molar-refractivity contribution in [3.63, 3.8) is 0 Å². The van der Waals surface area contributed by atoms with E-state index in [1.807, 2.05) is 19.1 Å². The summed E-state index contributed by atoms with van der Waals surface area (Å²) in [5.41, 5.74) is 0.787. The SMILES string of the molecule is Cc1nnc2ccc(N3CCN(C4CCCCC4O)CC3)nn12. The van der Waals surface area contributed by atoms with Crippen LogP contribution >= 0.6 is 0 Å². The Kier molecular flexibility index (Phi) is 3.90. The van der Waals surface area contributed by atoms with Crippen LogP contribution in [0.3, 0.4) is 0 Å². The minimum absolute atomic E-state index is 0.149. The van der Waals surface area contributed by atoms with Crippen molar-refractivity contribution in [2.45, 2.75) is 44.8 Å². The van der Waals surface area contributed by atoms with E-state index in [-0.39, 0.29) is 6.10 Å². The van der Waals surface area contributed by atoms with Crippen LogP contribution in [0.2, 0.25) is 0 Å². The molecule has 3 heterocycles. The van der Waals surface area contributed by atoms with Gasteiger partial charge in [0.2, 0.25) is 0 Å². The van der Waals surface area contributed by atoms with E-state index in [4.69, 9.17) is 0 Å². The Balaban J connectivity index is 1.44. The largest absolute Gasteiger partial charge is 0.391 e. The van der Waals surface area contributed by atoms with Crippen LogP contribution in [0.5, 0.6) is 0 Å². The van der Waals surface area contributed by atoms with Gasteiger partial charge in [0, 0.05) is 32.2 Å². The smallest absolute Gasteiger partial charge is 0.178 e. The van der Waals surface area contributed by atoms with Crippen LogP contribution in [0.1, 0.15) is 31.5 Å². The Hall–Kier alpha value is -1.73. The van der Waals surface area contributed by atoms with Gasteiger partial charge < -0.3 is 10.0 Å². The highest BCUT2D eigenvalue weighted by Gasteiger charge is 2.31. The third-order valence-electron chi connectivity index (χ3n) is 5.21. The number of rotatable bonds is 2. The molecular weight excluding hydrogens is 292 g/mol. The van der Waals surface area contributed by atoms with Crippen LogP contribution in [-0.2, 0) is 0 Å². The fourth-order valence-electron chi connectivity index (χ4n) is 3.86. The predicted octanol–water partition coefficient (Wildman–Crippen LogP) is 0.858. The number of aromatic nitrogens is 4. The van der Waals surface area contributed by atoms with Gasteiger partial charge in [-0.1, -0.05) is 12.8 Å². The van der Waals surface area contributed by atoms with Crippen molar-refractivity contribution >= 4 is 11.5 Å². The molecular formula is C16H24N6O. The first-order valence-corrected chi connectivity index (χ1v) is 8.58. The molecule has 0 radical (unpaired) electrons. The monoisotopic (exact) mass is 316 g/mol. The van der Waals surface area contributed by atoms with E-state index >= 15 is 0 Å². The number of piperazine rings is 1. The first kappa shape index (κ1) is 14.8. The number of anilines is 1. The number of aliphatic hydroxyl groups is 1. The normalized spacial score (nSPS) is 26.8. The summed E-state index contributed by atoms with van der Waals surface area (Å²) in [6, 6.07) is 4.34. The summed E-state index contributed by atoms with van der Waals surface area (Å²) in [7, 11) is 0. The number of fused-ring (bicyclic) bond motifs is 1. The van der Waals surface area contributed by atoms with Gasteiger partial charge in [0.1, 0.15) is 5.82 Å². The summed E-state index contributed by atoms with van der Waals surface area (Å²) in [6.07, 6.45) is 4.35. The lowest BCUT2D eigenvalue weighted by Gasteiger charge is -2.42. The fraction of sp³-hybridized carbons (Fsp3) is 0.688. The van der Waals surface area contributed by atoms with Crippen molar-refractivity contribution in [3.8, 4) is 0 Å². The average Bonchev–Trinajstić information content (AvgIpc) is 2.96. The van der Waals surface area contributed by atoms with Gasteiger partial charge in [0.25, 0.3) is 0 Å². The molecule has 2 fully saturated rings. The van der Waals surface area contributed by atoms with Gasteiger partial charge in [-0.15, -0.1) is 15.3 Å². The van der Waals surface area contributed by atoms with Crippen molar-refractivity contribution in [1.29, 1.82) is 0 Å². The Morgan fingerprint density at radius 3 is 2.61 bits per heavy atom. The van der Waals surface area contributed by atoms with Gasteiger partial charge in [-0.2, -0.15) is 4.52 Å². The first-order chi connectivity index (χ1) is 11.2. The maximum Gasteiger partial charge on any atom is 0.178 e. The third-order valence-corrected chi connectivity index (χ3v) is 5.21. The Labute approximate surface area is 135 Å². The van der Waals surface area contributed by atoms with E-state index in [0.717, 1.165) is 56.3 Å². The molecule has 2 unspecified atom stereocenters. The lowest BCUT2D eigenvalue weighted by molar-refractivity contribution is 0.0172. The van der Waals surface area contributed by atoms with Crippen molar-refractivity contribution in [2.24, 2.45) is 0 Å². The van der Waals surface area contributed by atoms with Crippen molar-refractivity contribution in [1.82, 2.24) is 24.7 Å². The number of hydrogen-bond donors (Lipinski definition) is 1. The van der Waals surface area contributed by atoms with Gasteiger partial charge in [0.05, 0.1) is 6.10 Å². The molecule has 2 aromatic heterocycles. The maximum absolute atomic E-state index is 10.2. The van der Waals surface area contributed by atoms with Crippen LogP contribution in [0.25, 0.3) is 5.65 Å². The van der Waals surface area contributed by atoms with Gasteiger partial charge in [-0.05, 0) is 31.9 Å². The van der Waals surface area contributed by atoms with Crippen molar-refractivity contribution < 1.29 is 5.11 Å². The topological polar surface area (TPSA) is 69.8 Å². The second-order valence-electron chi connectivity index (χ2n) is 6.65. The van der Waals surface area contributed by atoms with Gasteiger partial charge in [-0.25, -0.2) is 0 Å². The highest BCUT2D eigenvalue weighted by Crippen LogP contribution is 2.25. The quantitative estimate of drug-likeness (QED) is 0.886. The van der Waals surface area contributed by atoms with E-state index in [0.29, 0.717) is 6.04 Å². The molecule has 1 N–H and O–H groups in total. The molecule has 0 aromatic carbocycles. The number of nitrogens with zero attached hydrogens (tertiary/aromatic N) is 6. The highest BCUT2D eigenvalue weighted by atomic mass is 16.3. The molecule has 7 nitrogen and oxygen atoms in total. The summed E-state index contributed by atoms with van der Waals surface area (Å²) in [6.45, 7) is 5.79. The zero-order valence-electron chi connectivity index (χ0n) is 13.6. The van der Waals surface area contributed by atoms with E-state index in [9.17, 15) is 5.11 Å². The zero-order valence-corrected chi connectivity index (χ0v) is 13.6. The fourth-order valence-corrected chi connectivity index (χ4v) is 3.86. The summed E-state index contributed by atoms with van der Waals surface area (Å²) in [4.78, 5) is 4.77. The second-order valence-corrected chi connectivity index (χ2v) is 6.65. The lowest BCUT2D eigenvalue weighted by Crippen LogP contribution is -2.54. The molecule has 2 atom stereocenters. The molecule has 0 spiro atoms. The van der Waals surface area contributed by atoms with E-state index < -0.39 is 0 Å². The van der Waals surface area contributed by atoms with E-state index in [1.165, 1.54) is 12.8 Å². The second kappa shape index (κ2) is 6.05.